The van der Waals surface area contributed by atoms with Crippen LogP contribution < -0.4 is 10.6 Å². The van der Waals surface area contributed by atoms with Crippen LogP contribution in [0.5, 0.6) is 0 Å². The van der Waals surface area contributed by atoms with E-state index in [-0.39, 0.29) is 63.3 Å². The second-order valence-corrected chi connectivity index (χ2v) is 17.3. The molecule has 4 saturated carbocycles. The molecule has 6 fully saturated rings. The highest BCUT2D eigenvalue weighted by molar-refractivity contribution is 5.80. The predicted octanol–water partition coefficient (Wildman–Crippen LogP) is 5.06. The van der Waals surface area contributed by atoms with Crippen LogP contribution in [-0.2, 0) is 9.53 Å². The molecule has 0 unspecified atom stereocenters. The Balaban J connectivity index is 1.26. The Morgan fingerprint density at radius 2 is 1.57 bits per heavy atom. The molecule has 40 heavy (non-hydrogen) atoms. The second kappa shape index (κ2) is 9.16. The lowest BCUT2D eigenvalue weighted by Gasteiger charge is -2.71. The van der Waals surface area contributed by atoms with Crippen LogP contribution in [0.4, 0.5) is 0 Å². The van der Waals surface area contributed by atoms with E-state index in [1.807, 2.05) is 13.8 Å². The molecule has 1 amide bonds. The average molecular weight is 559 g/mol. The van der Waals surface area contributed by atoms with Crippen LogP contribution in [0.25, 0.3) is 0 Å². The molecule has 11 atom stereocenters. The first-order valence-corrected chi connectivity index (χ1v) is 16.6. The molecule has 0 radical (unpaired) electrons. The maximum atomic E-state index is 12.9. The van der Waals surface area contributed by atoms with Gasteiger partial charge in [0.25, 0.3) is 0 Å². The number of fused-ring (bicyclic) bond motifs is 5. The first-order chi connectivity index (χ1) is 18.5. The number of aliphatic hydroxyl groups excluding tert-OH is 1. The molecule has 4 aliphatic carbocycles. The normalized spacial score (nSPS) is 52.3. The predicted molar refractivity (Wildman–Crippen MR) is 157 cm³/mol. The number of carbonyl (C=O) groups is 1. The van der Waals surface area contributed by atoms with Crippen molar-refractivity contribution in [2.45, 2.75) is 143 Å². The quantitative estimate of drug-likeness (QED) is 0.388. The molecule has 2 aliphatic heterocycles. The van der Waals surface area contributed by atoms with Crippen LogP contribution in [0.15, 0.2) is 0 Å². The van der Waals surface area contributed by atoms with E-state index in [1.54, 1.807) is 0 Å². The van der Waals surface area contributed by atoms with Crippen molar-refractivity contribution in [1.29, 1.82) is 0 Å². The van der Waals surface area contributed by atoms with Crippen LogP contribution in [0, 0.1) is 51.2 Å². The van der Waals surface area contributed by atoms with Crippen molar-refractivity contribution < 1.29 is 19.7 Å². The van der Waals surface area contributed by atoms with Gasteiger partial charge in [-0.15, -0.1) is 0 Å². The summed E-state index contributed by atoms with van der Waals surface area (Å²) >= 11 is 0. The highest BCUT2D eigenvalue weighted by atomic mass is 16.5. The van der Waals surface area contributed by atoms with Gasteiger partial charge in [0.05, 0.1) is 29.3 Å². The molecule has 0 aromatic heterocycles. The number of amides is 1. The summed E-state index contributed by atoms with van der Waals surface area (Å²) in [7, 11) is 0. The standard InChI is InChI=1S/C34H58N2O4/c1-29(2)23-10-15-32(6)24(31(23,5)13-11-25(29)36-28(38)20-18-35-19-20)17-22(37)27-21(9-14-33(27,32)7)34(8)16-12-26(40-34)30(3,4)39/h20-27,35,37,39H,9-19H2,1-8H3,(H,36,38)/t21-,22+,23-,24+,25-,26+,27-,31-,32+,33+,34-/m0/s1. The number of hydrogen-bond acceptors (Lipinski definition) is 5. The lowest BCUT2D eigenvalue weighted by molar-refractivity contribution is -0.240. The van der Waals surface area contributed by atoms with Crippen LogP contribution in [0.2, 0.25) is 0 Å². The number of rotatable bonds is 4. The summed E-state index contributed by atoms with van der Waals surface area (Å²) < 4.78 is 6.71. The van der Waals surface area contributed by atoms with Gasteiger partial charge in [0.15, 0.2) is 0 Å². The molecule has 0 spiro atoms. The third-order valence-electron chi connectivity index (χ3n) is 14.8. The molecule has 0 bridgehead atoms. The van der Waals surface area contributed by atoms with Crippen molar-refractivity contribution >= 4 is 5.91 Å². The third kappa shape index (κ3) is 3.97. The van der Waals surface area contributed by atoms with Gasteiger partial charge >= 0.3 is 0 Å². The average Bonchev–Trinajstić information content (AvgIpc) is 3.39. The zero-order chi connectivity index (χ0) is 29.1. The van der Waals surface area contributed by atoms with Gasteiger partial charge in [-0.25, -0.2) is 0 Å². The summed E-state index contributed by atoms with van der Waals surface area (Å²) in [6.45, 7) is 20.1. The van der Waals surface area contributed by atoms with Crippen molar-refractivity contribution in [2.75, 3.05) is 13.1 Å². The fraction of sp³-hybridized carbons (Fsp3) is 0.971. The largest absolute Gasteiger partial charge is 0.393 e. The molecule has 0 aromatic carbocycles. The molecular weight excluding hydrogens is 500 g/mol. The van der Waals surface area contributed by atoms with Crippen molar-refractivity contribution in [3.63, 3.8) is 0 Å². The number of carbonyl (C=O) groups excluding carboxylic acids is 1. The Morgan fingerprint density at radius 1 is 0.900 bits per heavy atom. The van der Waals surface area contributed by atoms with E-state index in [4.69, 9.17) is 4.74 Å². The Hall–Kier alpha value is -0.690. The topological polar surface area (TPSA) is 90.8 Å². The summed E-state index contributed by atoms with van der Waals surface area (Å²) in [6.07, 6.45) is 9.08. The highest BCUT2D eigenvalue weighted by Crippen LogP contribution is 2.76. The number of nitrogens with one attached hydrogen (secondary N) is 2. The van der Waals surface area contributed by atoms with Crippen LogP contribution >= 0.6 is 0 Å². The highest BCUT2D eigenvalue weighted by Gasteiger charge is 2.72. The molecule has 228 valence electrons. The fourth-order valence-corrected chi connectivity index (χ4v) is 12.1. The van der Waals surface area contributed by atoms with E-state index < -0.39 is 5.60 Å². The summed E-state index contributed by atoms with van der Waals surface area (Å²) in [4.78, 5) is 12.9. The summed E-state index contributed by atoms with van der Waals surface area (Å²) in [6, 6.07) is 0.221. The first kappa shape index (κ1) is 29.4. The summed E-state index contributed by atoms with van der Waals surface area (Å²) in [5, 5.41) is 29.5. The molecular formula is C34H58N2O4. The molecule has 6 rings (SSSR count). The minimum absolute atomic E-state index is 0.0271. The van der Waals surface area contributed by atoms with E-state index >= 15 is 0 Å². The van der Waals surface area contributed by atoms with Crippen molar-refractivity contribution in [1.82, 2.24) is 10.6 Å². The van der Waals surface area contributed by atoms with Gasteiger partial charge in [-0.2, -0.15) is 0 Å². The summed E-state index contributed by atoms with van der Waals surface area (Å²) in [5.41, 5.74) is -0.700. The Morgan fingerprint density at radius 3 is 2.17 bits per heavy atom. The Labute approximate surface area is 243 Å². The SMILES string of the molecule is CC(C)(O)[C@H]1CC[C@@](C)([C@H]2CC[C@]3(C)[C@@H]2[C@H](O)C[C@@H]2[C@@]4(C)CC[C@H](NC(=O)C5CNC5)C(C)(C)[C@@H]4CC[C@]23C)O1. The third-order valence-corrected chi connectivity index (χ3v) is 14.8. The summed E-state index contributed by atoms with van der Waals surface area (Å²) in [5.74, 6) is 1.93. The van der Waals surface area contributed by atoms with Crippen molar-refractivity contribution in [3.05, 3.63) is 0 Å². The zero-order valence-electron chi connectivity index (χ0n) is 26.6. The van der Waals surface area contributed by atoms with Gasteiger partial charge in [0, 0.05) is 19.1 Å². The van der Waals surface area contributed by atoms with E-state index in [1.165, 1.54) is 12.8 Å². The lowest BCUT2D eigenvalue weighted by Crippen LogP contribution is -2.68. The second-order valence-electron chi connectivity index (χ2n) is 17.3. The minimum atomic E-state index is -0.839. The van der Waals surface area contributed by atoms with Crippen molar-refractivity contribution in [3.8, 4) is 0 Å². The van der Waals surface area contributed by atoms with Gasteiger partial charge in [-0.3, -0.25) is 4.79 Å². The van der Waals surface area contributed by atoms with E-state index in [0.29, 0.717) is 17.8 Å². The van der Waals surface area contributed by atoms with Gasteiger partial charge in [0.2, 0.25) is 5.91 Å². The molecule has 2 saturated heterocycles. The van der Waals surface area contributed by atoms with E-state index in [0.717, 1.165) is 58.0 Å². The molecule has 6 heteroatoms. The number of aliphatic hydroxyl groups is 2. The smallest absolute Gasteiger partial charge is 0.225 e. The minimum Gasteiger partial charge on any atom is -0.393 e. The van der Waals surface area contributed by atoms with Crippen LogP contribution in [-0.4, -0.2) is 58.7 Å². The maximum Gasteiger partial charge on any atom is 0.225 e. The number of ether oxygens (including phenoxy) is 1. The van der Waals surface area contributed by atoms with Crippen LogP contribution in [0.3, 0.4) is 0 Å². The molecule has 0 aromatic rings. The monoisotopic (exact) mass is 558 g/mol. The Kier molecular flexibility index (Phi) is 6.73. The molecule has 6 aliphatic rings. The Bertz CT molecular complexity index is 1020. The van der Waals surface area contributed by atoms with E-state index in [2.05, 4.69) is 52.2 Å². The van der Waals surface area contributed by atoms with Gasteiger partial charge in [-0.05, 0) is 124 Å². The van der Waals surface area contributed by atoms with Gasteiger partial charge in [0.1, 0.15) is 0 Å². The molecule has 4 N–H and O–H groups in total. The van der Waals surface area contributed by atoms with Crippen LogP contribution in [0.1, 0.15) is 113 Å². The fourth-order valence-electron chi connectivity index (χ4n) is 12.1. The number of hydrogen-bond donors (Lipinski definition) is 4. The first-order valence-electron chi connectivity index (χ1n) is 16.6. The van der Waals surface area contributed by atoms with E-state index in [9.17, 15) is 15.0 Å². The van der Waals surface area contributed by atoms with Gasteiger partial charge in [-0.1, -0.05) is 34.6 Å². The van der Waals surface area contributed by atoms with Crippen molar-refractivity contribution in [2.24, 2.45) is 51.2 Å². The zero-order valence-corrected chi connectivity index (χ0v) is 26.6. The van der Waals surface area contributed by atoms with Gasteiger partial charge < -0.3 is 25.6 Å². The molecule has 6 nitrogen and oxygen atoms in total. The maximum absolute atomic E-state index is 12.9. The molecule has 2 heterocycles. The lowest BCUT2D eigenvalue weighted by atomic mass is 9.35.